The van der Waals surface area contributed by atoms with E-state index < -0.39 is 17.5 Å². The van der Waals surface area contributed by atoms with Crippen molar-refractivity contribution in [3.63, 3.8) is 0 Å². The van der Waals surface area contributed by atoms with Gasteiger partial charge >= 0.3 is 0 Å². The molecule has 1 aliphatic heterocycles. The van der Waals surface area contributed by atoms with Gasteiger partial charge in [0.25, 0.3) is 5.92 Å². The number of halogens is 3. The van der Waals surface area contributed by atoms with Gasteiger partial charge in [-0.05, 0) is 44.2 Å². The van der Waals surface area contributed by atoms with E-state index in [1.807, 2.05) is 31.2 Å². The Kier molecular flexibility index (Phi) is 4.44. The van der Waals surface area contributed by atoms with Gasteiger partial charge in [-0.15, -0.1) is 21.5 Å². The van der Waals surface area contributed by atoms with E-state index in [4.69, 9.17) is 16.6 Å². The number of fused-ring (bicyclic) bond motifs is 6. The third kappa shape index (κ3) is 3.24. The first-order valence-corrected chi connectivity index (χ1v) is 13.0. The summed E-state index contributed by atoms with van der Waals surface area (Å²) in [6, 6.07) is 7.27. The maximum atomic E-state index is 13.3. The lowest BCUT2D eigenvalue weighted by Gasteiger charge is -2.35. The Morgan fingerprint density at radius 2 is 1.97 bits per heavy atom. The number of aryl methyl sites for hydroxylation is 1. The average Bonchev–Trinajstić information content (AvgIpc) is 3.13. The third-order valence-electron chi connectivity index (χ3n) is 7.62. The molecule has 1 spiro atoms. The molecular weight excluding hydrogens is 492 g/mol. The zero-order valence-corrected chi connectivity index (χ0v) is 20.5. The first-order valence-electron chi connectivity index (χ1n) is 11.9. The largest absolute Gasteiger partial charge is 0.353 e. The maximum absolute atomic E-state index is 13.3. The SMILES string of the molecule is Cc1nnc2n1-c1sc3c(c1C(c1ccccc1Cl)=NC21CC1)C[C@H](C(=O)NC1CC(F)(F)C1)C3. The lowest BCUT2D eigenvalue weighted by Crippen LogP contribution is -2.52. The van der Waals surface area contributed by atoms with Crippen LogP contribution in [0.15, 0.2) is 29.3 Å². The summed E-state index contributed by atoms with van der Waals surface area (Å²) in [7, 11) is 0. The highest BCUT2D eigenvalue weighted by atomic mass is 35.5. The molecule has 180 valence electrons. The van der Waals surface area contributed by atoms with Crippen molar-refractivity contribution in [1.29, 1.82) is 0 Å². The number of hydrogen-bond donors (Lipinski definition) is 1. The van der Waals surface area contributed by atoms with Crippen molar-refractivity contribution < 1.29 is 13.6 Å². The van der Waals surface area contributed by atoms with Gasteiger partial charge in [0.15, 0.2) is 5.82 Å². The lowest BCUT2D eigenvalue weighted by atomic mass is 9.87. The molecule has 7 rings (SSSR count). The van der Waals surface area contributed by atoms with Gasteiger partial charge in [0.1, 0.15) is 16.4 Å². The van der Waals surface area contributed by atoms with Crippen LogP contribution in [0.4, 0.5) is 8.78 Å². The zero-order valence-electron chi connectivity index (χ0n) is 18.9. The van der Waals surface area contributed by atoms with Crippen molar-refractivity contribution in [1.82, 2.24) is 20.1 Å². The molecule has 1 amide bonds. The molecule has 35 heavy (non-hydrogen) atoms. The molecule has 1 aromatic carbocycles. The zero-order chi connectivity index (χ0) is 24.1. The second-order valence-electron chi connectivity index (χ2n) is 10.1. The van der Waals surface area contributed by atoms with Crippen LogP contribution in [0, 0.1) is 12.8 Å². The fourth-order valence-electron chi connectivity index (χ4n) is 5.62. The van der Waals surface area contributed by atoms with Crippen molar-refractivity contribution >= 4 is 34.6 Å². The van der Waals surface area contributed by atoms with Gasteiger partial charge in [-0.1, -0.05) is 29.8 Å². The van der Waals surface area contributed by atoms with E-state index in [9.17, 15) is 13.6 Å². The van der Waals surface area contributed by atoms with Gasteiger partial charge in [-0.2, -0.15) is 0 Å². The van der Waals surface area contributed by atoms with Gasteiger partial charge in [-0.3, -0.25) is 14.4 Å². The summed E-state index contributed by atoms with van der Waals surface area (Å²) < 4.78 is 28.6. The molecule has 10 heteroatoms. The van der Waals surface area contributed by atoms with E-state index in [1.54, 1.807) is 11.3 Å². The molecule has 4 aliphatic rings. The van der Waals surface area contributed by atoms with Crippen LogP contribution >= 0.6 is 22.9 Å². The highest BCUT2D eigenvalue weighted by molar-refractivity contribution is 7.15. The van der Waals surface area contributed by atoms with E-state index >= 15 is 0 Å². The molecule has 1 N–H and O–H groups in total. The normalized spacial score (nSPS) is 23.1. The first-order chi connectivity index (χ1) is 16.7. The maximum Gasteiger partial charge on any atom is 0.252 e. The average molecular weight is 514 g/mol. The summed E-state index contributed by atoms with van der Waals surface area (Å²) in [5, 5.41) is 13.4. The van der Waals surface area contributed by atoms with E-state index in [-0.39, 0.29) is 24.7 Å². The Labute approximate surface area is 209 Å². The Morgan fingerprint density at radius 1 is 1.20 bits per heavy atom. The number of carbonyl (C=O) groups is 1. The Balaban J connectivity index is 1.32. The van der Waals surface area contributed by atoms with Crippen LogP contribution in [0.2, 0.25) is 5.02 Å². The van der Waals surface area contributed by atoms with E-state index in [1.165, 1.54) is 0 Å². The molecular formula is C25H22ClF2N5OS. The third-order valence-corrected chi connectivity index (χ3v) is 9.19. The van der Waals surface area contributed by atoms with E-state index in [2.05, 4.69) is 20.1 Å². The number of rotatable bonds is 3. The lowest BCUT2D eigenvalue weighted by molar-refractivity contribution is -0.132. The molecule has 2 fully saturated rings. The summed E-state index contributed by atoms with van der Waals surface area (Å²) in [5.74, 6) is -1.41. The summed E-state index contributed by atoms with van der Waals surface area (Å²) in [6.07, 6.45) is 2.37. The van der Waals surface area contributed by atoms with Crippen molar-refractivity contribution in [2.45, 2.75) is 63.0 Å². The molecule has 6 nitrogen and oxygen atoms in total. The molecule has 3 aromatic rings. The monoisotopic (exact) mass is 513 g/mol. The fourth-order valence-corrected chi connectivity index (χ4v) is 7.30. The number of nitrogens with zero attached hydrogens (tertiary/aromatic N) is 4. The summed E-state index contributed by atoms with van der Waals surface area (Å²) in [4.78, 5) is 19.4. The number of alkyl halides is 2. The Morgan fingerprint density at radius 3 is 2.69 bits per heavy atom. The number of carbonyl (C=O) groups excluding carboxylic acids is 1. The minimum Gasteiger partial charge on any atom is -0.353 e. The van der Waals surface area contributed by atoms with Crippen LogP contribution in [0.3, 0.4) is 0 Å². The Hall–Kier alpha value is -2.65. The summed E-state index contributed by atoms with van der Waals surface area (Å²) in [6.45, 7) is 1.95. The molecule has 0 saturated heterocycles. The predicted octanol–water partition coefficient (Wildman–Crippen LogP) is 4.76. The number of aliphatic imine (C=N–C) groups is 1. The molecule has 0 radical (unpaired) electrons. The van der Waals surface area contributed by atoms with Crippen LogP contribution in [-0.4, -0.2) is 38.3 Å². The van der Waals surface area contributed by atoms with Crippen molar-refractivity contribution in [3.8, 4) is 5.00 Å². The second kappa shape index (κ2) is 7.20. The highest BCUT2D eigenvalue weighted by Crippen LogP contribution is 2.54. The molecule has 2 saturated carbocycles. The van der Waals surface area contributed by atoms with Gasteiger partial charge in [0.2, 0.25) is 5.91 Å². The number of amides is 1. The minimum absolute atomic E-state index is 0.146. The first kappa shape index (κ1) is 21.6. The van der Waals surface area contributed by atoms with Gasteiger partial charge < -0.3 is 5.32 Å². The van der Waals surface area contributed by atoms with Gasteiger partial charge in [-0.25, -0.2) is 8.78 Å². The highest BCUT2D eigenvalue weighted by Gasteiger charge is 2.52. The van der Waals surface area contributed by atoms with E-state index in [0.717, 1.165) is 56.8 Å². The number of aromatic nitrogens is 3. The van der Waals surface area contributed by atoms with Crippen LogP contribution < -0.4 is 5.32 Å². The summed E-state index contributed by atoms with van der Waals surface area (Å²) >= 11 is 8.32. The van der Waals surface area contributed by atoms with Gasteiger partial charge in [0, 0.05) is 45.8 Å². The molecule has 3 aliphatic carbocycles. The second-order valence-corrected chi connectivity index (χ2v) is 11.6. The molecule has 2 aromatic heterocycles. The van der Waals surface area contributed by atoms with Crippen molar-refractivity contribution in [3.05, 3.63) is 62.5 Å². The predicted molar refractivity (Wildman–Crippen MR) is 129 cm³/mol. The molecule has 1 atom stereocenters. The standard InChI is InChI=1S/C25H22ClF2N5OS/c1-12-31-32-23-24(6-7-24)30-20(15-4-2-3-5-17(15)26)19-16-8-13(9-18(16)35-22(19)33(12)23)21(34)29-14-10-25(27,28)11-14/h2-5,13-14H,6-11H2,1H3,(H,29,34)/t13-/m0/s1. The quantitative estimate of drug-likeness (QED) is 0.549. The molecule has 0 bridgehead atoms. The van der Waals surface area contributed by atoms with Crippen molar-refractivity contribution in [2.75, 3.05) is 0 Å². The molecule has 3 heterocycles. The van der Waals surface area contributed by atoms with Crippen LogP contribution in [0.1, 0.15) is 58.9 Å². The molecule has 0 unspecified atom stereocenters. The van der Waals surface area contributed by atoms with Crippen LogP contribution in [-0.2, 0) is 23.2 Å². The van der Waals surface area contributed by atoms with Crippen molar-refractivity contribution in [2.24, 2.45) is 10.9 Å². The topological polar surface area (TPSA) is 72.2 Å². The van der Waals surface area contributed by atoms with E-state index in [0.29, 0.717) is 17.9 Å². The Bertz CT molecular complexity index is 1430. The number of benzene rings is 1. The fraction of sp³-hybridized carbons (Fsp3) is 0.440. The number of nitrogens with one attached hydrogen (secondary N) is 1. The van der Waals surface area contributed by atoms with Gasteiger partial charge in [0.05, 0.1) is 5.71 Å². The number of hydrogen-bond acceptors (Lipinski definition) is 5. The van der Waals surface area contributed by atoms with Crippen LogP contribution in [0.5, 0.6) is 0 Å². The van der Waals surface area contributed by atoms with Crippen LogP contribution in [0.25, 0.3) is 5.00 Å². The summed E-state index contributed by atoms with van der Waals surface area (Å²) in [5.41, 5.74) is 3.39. The number of thiophene rings is 1. The smallest absolute Gasteiger partial charge is 0.252 e. The minimum atomic E-state index is -2.66.